The summed E-state index contributed by atoms with van der Waals surface area (Å²) in [5.41, 5.74) is 1.52. The van der Waals surface area contributed by atoms with Gasteiger partial charge >= 0.3 is 5.97 Å². The van der Waals surface area contributed by atoms with Crippen molar-refractivity contribution in [1.29, 1.82) is 0 Å². The summed E-state index contributed by atoms with van der Waals surface area (Å²) in [5.74, 6) is -0.803. The highest BCUT2D eigenvalue weighted by molar-refractivity contribution is 9.10. The third-order valence-electron chi connectivity index (χ3n) is 4.61. The molecule has 142 valence electrons. The number of carbonyl (C=O) groups excluding carboxylic acids is 2. The second kappa shape index (κ2) is 8.23. The van der Waals surface area contributed by atoms with Gasteiger partial charge in [-0.05, 0) is 28.4 Å². The first-order valence-corrected chi connectivity index (χ1v) is 9.49. The van der Waals surface area contributed by atoms with Gasteiger partial charge in [0.1, 0.15) is 30.9 Å². The molecule has 0 saturated carbocycles. The van der Waals surface area contributed by atoms with Crippen LogP contribution in [0.2, 0.25) is 0 Å². The van der Waals surface area contributed by atoms with Gasteiger partial charge in [-0.15, -0.1) is 0 Å². The average Bonchev–Trinajstić information content (AvgIpc) is 3.07. The lowest BCUT2D eigenvalue weighted by Crippen LogP contribution is -2.16. The van der Waals surface area contributed by atoms with Gasteiger partial charge in [-0.2, -0.15) is 0 Å². The lowest BCUT2D eigenvalue weighted by molar-refractivity contribution is -0.142. The number of hydrogen-bond acceptors (Lipinski definition) is 5. The summed E-state index contributed by atoms with van der Waals surface area (Å²) in [5, 5.41) is 0.511. The van der Waals surface area contributed by atoms with E-state index < -0.39 is 11.9 Å². The fraction of sp³-hybridized carbons (Fsp3) is 0.238. The minimum Gasteiger partial charge on any atom is -0.496 e. The second-order valence-electron chi connectivity index (χ2n) is 6.21. The molecule has 7 heteroatoms. The SMILES string of the molecule is [B]c1cc2oc(C(CC)C(=O)OC)c(C(=O)c3ccccc3)c2c(Br)c1OC. The first kappa shape index (κ1) is 20.2. The molecule has 0 bridgehead atoms. The number of ketones is 1. The summed E-state index contributed by atoms with van der Waals surface area (Å²) in [7, 11) is 8.85. The van der Waals surface area contributed by atoms with E-state index in [9.17, 15) is 9.59 Å². The highest BCUT2D eigenvalue weighted by atomic mass is 79.9. The van der Waals surface area contributed by atoms with Crippen molar-refractivity contribution in [2.75, 3.05) is 14.2 Å². The summed E-state index contributed by atoms with van der Waals surface area (Å²) >= 11 is 3.49. The van der Waals surface area contributed by atoms with Gasteiger partial charge in [-0.1, -0.05) is 42.7 Å². The van der Waals surface area contributed by atoms with Gasteiger partial charge < -0.3 is 13.9 Å². The molecule has 0 fully saturated rings. The number of esters is 1. The van der Waals surface area contributed by atoms with E-state index in [-0.39, 0.29) is 11.5 Å². The van der Waals surface area contributed by atoms with Crippen LogP contribution in [0.4, 0.5) is 0 Å². The molecular formula is C21H18BBrO5. The first-order chi connectivity index (χ1) is 13.4. The van der Waals surface area contributed by atoms with E-state index in [1.807, 2.05) is 13.0 Å². The molecule has 0 spiro atoms. The molecule has 1 atom stereocenters. The quantitative estimate of drug-likeness (QED) is 0.330. The number of methoxy groups -OCH3 is 2. The van der Waals surface area contributed by atoms with Crippen molar-refractivity contribution in [3.63, 3.8) is 0 Å². The molecule has 2 aromatic carbocycles. The smallest absolute Gasteiger partial charge is 0.316 e. The number of fused-ring (bicyclic) bond motifs is 1. The van der Waals surface area contributed by atoms with Crippen LogP contribution >= 0.6 is 15.9 Å². The summed E-state index contributed by atoms with van der Waals surface area (Å²) in [6.45, 7) is 1.83. The van der Waals surface area contributed by atoms with Crippen LogP contribution in [0.3, 0.4) is 0 Å². The predicted molar refractivity (Wildman–Crippen MR) is 111 cm³/mol. The van der Waals surface area contributed by atoms with Crippen LogP contribution < -0.4 is 10.2 Å². The zero-order valence-corrected chi connectivity index (χ0v) is 17.3. The van der Waals surface area contributed by atoms with E-state index in [1.54, 1.807) is 30.3 Å². The van der Waals surface area contributed by atoms with Gasteiger partial charge in [0.25, 0.3) is 0 Å². The van der Waals surface area contributed by atoms with Crippen molar-refractivity contribution in [3.8, 4) is 5.75 Å². The van der Waals surface area contributed by atoms with Gasteiger partial charge in [0.05, 0.1) is 24.3 Å². The summed E-state index contributed by atoms with van der Waals surface area (Å²) in [6.07, 6.45) is 0.409. The molecule has 3 aromatic rings. The molecule has 1 heterocycles. The first-order valence-electron chi connectivity index (χ1n) is 8.70. The predicted octanol–water partition coefficient (Wildman–Crippen LogP) is 3.90. The topological polar surface area (TPSA) is 65.7 Å². The molecule has 0 N–H and O–H groups in total. The molecular weight excluding hydrogens is 423 g/mol. The average molecular weight is 441 g/mol. The monoisotopic (exact) mass is 440 g/mol. The highest BCUT2D eigenvalue weighted by Crippen LogP contribution is 2.41. The lowest BCUT2D eigenvalue weighted by atomic mass is 9.90. The van der Waals surface area contributed by atoms with Crippen LogP contribution in [0.15, 0.2) is 45.3 Å². The largest absolute Gasteiger partial charge is 0.496 e. The Balaban J connectivity index is 2.38. The standard InChI is InChI=1S/C21H18BBrO5/c1-4-12(21(25)27-3)19-16(18(24)11-8-6-5-7-9-11)15-14(28-19)10-13(22)20(26-2)17(15)23/h5-10,12H,4H2,1-3H3. The van der Waals surface area contributed by atoms with Crippen molar-refractivity contribution in [2.24, 2.45) is 0 Å². The number of furan rings is 1. The molecule has 0 aliphatic carbocycles. The van der Waals surface area contributed by atoms with Gasteiger partial charge in [-0.25, -0.2) is 0 Å². The maximum atomic E-state index is 13.4. The number of rotatable bonds is 6. The fourth-order valence-corrected chi connectivity index (χ4v) is 4.03. The maximum absolute atomic E-state index is 13.4. The van der Waals surface area contributed by atoms with E-state index in [4.69, 9.17) is 21.7 Å². The Bertz CT molecular complexity index is 1040. The Morgan fingerprint density at radius 2 is 1.89 bits per heavy atom. The summed E-state index contributed by atoms with van der Waals surface area (Å²) in [6, 6.07) is 10.4. The molecule has 0 amide bonds. The van der Waals surface area contributed by atoms with Crippen molar-refractivity contribution in [3.05, 3.63) is 57.8 Å². The van der Waals surface area contributed by atoms with Gasteiger partial charge in [0, 0.05) is 10.9 Å². The van der Waals surface area contributed by atoms with Crippen LogP contribution in [0.5, 0.6) is 5.75 Å². The van der Waals surface area contributed by atoms with E-state index in [0.717, 1.165) is 0 Å². The number of halogens is 1. The number of carbonyl (C=O) groups is 2. The zero-order valence-electron chi connectivity index (χ0n) is 15.7. The highest BCUT2D eigenvalue weighted by Gasteiger charge is 2.33. The molecule has 1 unspecified atom stereocenters. The van der Waals surface area contributed by atoms with E-state index >= 15 is 0 Å². The Hall–Kier alpha value is -2.54. The summed E-state index contributed by atoms with van der Waals surface area (Å²) < 4.78 is 16.8. The molecule has 2 radical (unpaired) electrons. The van der Waals surface area contributed by atoms with Crippen LogP contribution in [0.1, 0.15) is 40.9 Å². The normalized spacial score (nSPS) is 12.0. The second-order valence-corrected chi connectivity index (χ2v) is 7.00. The maximum Gasteiger partial charge on any atom is 0.316 e. The van der Waals surface area contributed by atoms with Crippen molar-refractivity contribution in [2.45, 2.75) is 19.3 Å². The van der Waals surface area contributed by atoms with E-state index in [2.05, 4.69) is 15.9 Å². The Kier molecular flexibility index (Phi) is 5.94. The Labute approximate surface area is 172 Å². The van der Waals surface area contributed by atoms with Crippen molar-refractivity contribution >= 4 is 52.0 Å². The molecule has 0 aliphatic heterocycles. The number of benzene rings is 2. The van der Waals surface area contributed by atoms with Crippen LogP contribution in [-0.4, -0.2) is 33.8 Å². The van der Waals surface area contributed by atoms with Crippen LogP contribution in [0.25, 0.3) is 11.0 Å². The van der Waals surface area contributed by atoms with E-state index in [1.165, 1.54) is 14.2 Å². The molecule has 28 heavy (non-hydrogen) atoms. The van der Waals surface area contributed by atoms with Crippen molar-refractivity contribution in [1.82, 2.24) is 0 Å². The third kappa shape index (κ3) is 3.35. The number of hydrogen-bond donors (Lipinski definition) is 0. The molecule has 5 nitrogen and oxygen atoms in total. The van der Waals surface area contributed by atoms with Gasteiger partial charge in [0.15, 0.2) is 5.78 Å². The zero-order chi connectivity index (χ0) is 20.4. The van der Waals surface area contributed by atoms with Crippen LogP contribution in [0, 0.1) is 0 Å². The lowest BCUT2D eigenvalue weighted by Gasteiger charge is -2.12. The Morgan fingerprint density at radius 3 is 2.46 bits per heavy atom. The third-order valence-corrected chi connectivity index (χ3v) is 5.36. The minimum atomic E-state index is -0.723. The summed E-state index contributed by atoms with van der Waals surface area (Å²) in [4.78, 5) is 25.8. The Morgan fingerprint density at radius 1 is 1.21 bits per heavy atom. The number of ether oxygens (including phenoxy) is 2. The fourth-order valence-electron chi connectivity index (χ4n) is 3.25. The molecule has 0 aliphatic rings. The van der Waals surface area contributed by atoms with Gasteiger partial charge in [-0.3, -0.25) is 9.59 Å². The molecule has 1 aromatic heterocycles. The van der Waals surface area contributed by atoms with E-state index in [0.29, 0.717) is 44.2 Å². The van der Waals surface area contributed by atoms with Crippen LogP contribution in [-0.2, 0) is 9.53 Å². The van der Waals surface area contributed by atoms with Crippen molar-refractivity contribution < 1.29 is 23.5 Å². The molecule has 3 rings (SSSR count). The minimum absolute atomic E-state index is 0.256. The molecule has 0 saturated heterocycles. The van der Waals surface area contributed by atoms with Gasteiger partial charge in [0.2, 0.25) is 0 Å².